The van der Waals surface area contributed by atoms with Gasteiger partial charge < -0.3 is 10.2 Å². The molecule has 3 rings (SSSR count). The Balaban J connectivity index is 1.74. The fourth-order valence-corrected chi connectivity index (χ4v) is 3.18. The number of hydrogen-bond donors (Lipinski definition) is 1. The van der Waals surface area contributed by atoms with E-state index in [2.05, 4.69) is 15.4 Å². The number of hydrogen-bond acceptors (Lipinski definition) is 4. The maximum absolute atomic E-state index is 12.5. The lowest BCUT2D eigenvalue weighted by Gasteiger charge is -2.33. The highest BCUT2D eigenvalue weighted by Gasteiger charge is 2.30. The van der Waals surface area contributed by atoms with E-state index >= 15 is 0 Å². The molecule has 1 aromatic carbocycles. The zero-order valence-electron chi connectivity index (χ0n) is 13.3. The zero-order chi connectivity index (χ0) is 17.1. The summed E-state index contributed by atoms with van der Waals surface area (Å²) in [6.07, 6.45) is 5.52. The van der Waals surface area contributed by atoms with Crippen LogP contribution in [0.3, 0.4) is 0 Å². The van der Waals surface area contributed by atoms with Gasteiger partial charge in [0.1, 0.15) is 18.7 Å². The Kier molecular flexibility index (Phi) is 4.80. The number of rotatable bonds is 3. The summed E-state index contributed by atoms with van der Waals surface area (Å²) < 4.78 is 1.55. The summed E-state index contributed by atoms with van der Waals surface area (Å²) >= 11 is 6.26. The molecule has 0 saturated carbocycles. The maximum atomic E-state index is 12.5. The molecule has 7 nitrogen and oxygen atoms in total. The average molecular weight is 348 g/mol. The molecule has 0 spiro atoms. The number of amides is 2. The summed E-state index contributed by atoms with van der Waals surface area (Å²) in [6, 6.07) is 4.75. The molecule has 2 heterocycles. The van der Waals surface area contributed by atoms with Gasteiger partial charge in [0.2, 0.25) is 11.8 Å². The van der Waals surface area contributed by atoms with Crippen LogP contribution in [-0.4, -0.2) is 44.1 Å². The third-order valence-electron chi connectivity index (χ3n) is 4.09. The molecule has 24 heavy (non-hydrogen) atoms. The number of carbonyl (C=O) groups excluding carboxylic acids is 2. The van der Waals surface area contributed by atoms with Crippen LogP contribution in [0.4, 0.5) is 5.69 Å². The summed E-state index contributed by atoms with van der Waals surface area (Å²) in [6.45, 7) is 2.12. The quantitative estimate of drug-likeness (QED) is 0.923. The summed E-state index contributed by atoms with van der Waals surface area (Å²) in [5.41, 5.74) is 1.26. The van der Waals surface area contributed by atoms with Crippen molar-refractivity contribution in [2.45, 2.75) is 32.2 Å². The number of nitrogens with one attached hydrogen (secondary N) is 1. The van der Waals surface area contributed by atoms with Crippen LogP contribution in [-0.2, 0) is 9.59 Å². The van der Waals surface area contributed by atoms with Gasteiger partial charge in [-0.3, -0.25) is 9.59 Å². The van der Waals surface area contributed by atoms with Gasteiger partial charge in [-0.25, -0.2) is 9.67 Å². The van der Waals surface area contributed by atoms with Crippen molar-refractivity contribution in [3.05, 3.63) is 35.9 Å². The fraction of sp³-hybridized carbons (Fsp3) is 0.375. The first-order chi connectivity index (χ1) is 11.6. The molecule has 8 heteroatoms. The van der Waals surface area contributed by atoms with Crippen molar-refractivity contribution >= 4 is 29.1 Å². The normalized spacial score (nSPS) is 17.6. The first-order valence-electron chi connectivity index (χ1n) is 7.79. The Morgan fingerprint density at radius 2 is 2.17 bits per heavy atom. The van der Waals surface area contributed by atoms with Crippen LogP contribution >= 0.6 is 11.6 Å². The number of halogens is 1. The predicted molar refractivity (Wildman–Crippen MR) is 90.0 cm³/mol. The van der Waals surface area contributed by atoms with Crippen LogP contribution in [0.25, 0.3) is 5.69 Å². The second-order valence-electron chi connectivity index (χ2n) is 5.72. The molecule has 0 radical (unpaired) electrons. The molecule has 2 aromatic rings. The van der Waals surface area contributed by atoms with Crippen molar-refractivity contribution < 1.29 is 9.59 Å². The van der Waals surface area contributed by atoms with E-state index in [4.69, 9.17) is 11.6 Å². The smallest absolute Gasteiger partial charge is 0.247 e. The number of piperidine rings is 1. The van der Waals surface area contributed by atoms with Gasteiger partial charge in [0.15, 0.2) is 0 Å². The van der Waals surface area contributed by atoms with Gasteiger partial charge in [0.05, 0.1) is 10.7 Å². The Labute approximate surface area is 144 Å². The number of nitrogens with zero attached hydrogens (tertiary/aromatic N) is 4. The number of anilines is 1. The molecular weight excluding hydrogens is 330 g/mol. The van der Waals surface area contributed by atoms with Crippen molar-refractivity contribution in [2.24, 2.45) is 0 Å². The molecule has 0 aliphatic carbocycles. The second kappa shape index (κ2) is 7.00. The minimum atomic E-state index is -0.426. The first-order valence-corrected chi connectivity index (χ1v) is 8.16. The molecular formula is C16H18ClN5O2. The number of benzene rings is 1. The van der Waals surface area contributed by atoms with E-state index in [-0.39, 0.29) is 11.8 Å². The van der Waals surface area contributed by atoms with Crippen LogP contribution in [0.5, 0.6) is 0 Å². The van der Waals surface area contributed by atoms with E-state index < -0.39 is 6.04 Å². The van der Waals surface area contributed by atoms with E-state index in [1.165, 1.54) is 13.3 Å². The van der Waals surface area contributed by atoms with Crippen molar-refractivity contribution in [1.29, 1.82) is 0 Å². The lowest BCUT2D eigenvalue weighted by atomic mass is 10.0. The van der Waals surface area contributed by atoms with Crippen LogP contribution in [0.2, 0.25) is 5.02 Å². The Bertz CT molecular complexity index is 747. The standard InChI is InChI=1S/C16H18ClN5O2/c1-11(23)21-7-3-2-4-15(21)16(24)20-12-5-6-14(13(17)8-12)22-10-18-9-19-22/h5-6,8-10,15H,2-4,7H2,1H3,(H,20,24). The third-order valence-corrected chi connectivity index (χ3v) is 4.39. The Morgan fingerprint density at radius 1 is 1.33 bits per heavy atom. The molecule has 1 fully saturated rings. The van der Waals surface area contributed by atoms with E-state index in [1.807, 2.05) is 0 Å². The lowest BCUT2D eigenvalue weighted by Crippen LogP contribution is -2.49. The van der Waals surface area contributed by atoms with Gasteiger partial charge in [0.25, 0.3) is 0 Å². The topological polar surface area (TPSA) is 80.1 Å². The molecule has 2 amide bonds. The van der Waals surface area contributed by atoms with Crippen molar-refractivity contribution in [2.75, 3.05) is 11.9 Å². The molecule has 1 aliphatic rings. The fourth-order valence-electron chi connectivity index (χ4n) is 2.91. The van der Waals surface area contributed by atoms with Crippen LogP contribution < -0.4 is 5.32 Å². The van der Waals surface area contributed by atoms with Crippen molar-refractivity contribution in [1.82, 2.24) is 19.7 Å². The van der Waals surface area contributed by atoms with Gasteiger partial charge in [0, 0.05) is 19.2 Å². The zero-order valence-corrected chi connectivity index (χ0v) is 14.0. The summed E-state index contributed by atoms with van der Waals surface area (Å²) in [5, 5.41) is 7.33. The highest BCUT2D eigenvalue weighted by Crippen LogP contribution is 2.25. The van der Waals surface area contributed by atoms with Crippen LogP contribution in [0, 0.1) is 0 Å². The third kappa shape index (κ3) is 3.41. The largest absolute Gasteiger partial charge is 0.331 e. The summed E-state index contributed by atoms with van der Waals surface area (Å²) in [5.74, 6) is -0.260. The van der Waals surface area contributed by atoms with Crippen molar-refractivity contribution in [3.8, 4) is 5.69 Å². The predicted octanol–water partition coefficient (Wildman–Crippen LogP) is 2.26. The van der Waals surface area contributed by atoms with Crippen molar-refractivity contribution in [3.63, 3.8) is 0 Å². The Hall–Kier alpha value is -2.41. The first kappa shape index (κ1) is 16.4. The highest BCUT2D eigenvalue weighted by molar-refractivity contribution is 6.32. The summed E-state index contributed by atoms with van der Waals surface area (Å²) in [7, 11) is 0. The lowest BCUT2D eigenvalue weighted by molar-refractivity contribution is -0.138. The number of aromatic nitrogens is 3. The number of carbonyl (C=O) groups is 2. The van der Waals surface area contributed by atoms with Crippen LogP contribution in [0.1, 0.15) is 26.2 Å². The number of likely N-dealkylation sites (tertiary alicyclic amines) is 1. The molecule has 1 saturated heterocycles. The molecule has 126 valence electrons. The van der Waals surface area contributed by atoms with Gasteiger partial charge in [-0.05, 0) is 37.5 Å². The average Bonchev–Trinajstić information content (AvgIpc) is 3.09. The van der Waals surface area contributed by atoms with E-state index in [9.17, 15) is 9.59 Å². The van der Waals surface area contributed by atoms with E-state index in [1.54, 1.807) is 34.1 Å². The molecule has 1 atom stereocenters. The minimum absolute atomic E-state index is 0.0746. The van der Waals surface area contributed by atoms with Gasteiger partial charge >= 0.3 is 0 Å². The van der Waals surface area contributed by atoms with Crippen LogP contribution in [0.15, 0.2) is 30.9 Å². The highest BCUT2D eigenvalue weighted by atomic mass is 35.5. The van der Waals surface area contributed by atoms with E-state index in [0.717, 1.165) is 12.8 Å². The van der Waals surface area contributed by atoms with Gasteiger partial charge in [-0.2, -0.15) is 5.10 Å². The van der Waals surface area contributed by atoms with Gasteiger partial charge in [-0.1, -0.05) is 11.6 Å². The molecule has 0 bridgehead atoms. The monoisotopic (exact) mass is 347 g/mol. The Morgan fingerprint density at radius 3 is 2.83 bits per heavy atom. The molecule has 1 aromatic heterocycles. The molecule has 1 unspecified atom stereocenters. The minimum Gasteiger partial charge on any atom is -0.331 e. The summed E-state index contributed by atoms with van der Waals surface area (Å²) in [4.78, 5) is 29.7. The molecule has 1 N–H and O–H groups in total. The van der Waals surface area contributed by atoms with E-state index in [0.29, 0.717) is 29.4 Å². The SMILES string of the molecule is CC(=O)N1CCCCC1C(=O)Nc1ccc(-n2cncn2)c(Cl)c1. The molecule has 1 aliphatic heterocycles. The van der Waals surface area contributed by atoms with Gasteiger partial charge in [-0.15, -0.1) is 0 Å². The second-order valence-corrected chi connectivity index (χ2v) is 6.13. The maximum Gasteiger partial charge on any atom is 0.247 e.